The first-order valence-corrected chi connectivity index (χ1v) is 13.0. The maximum atomic E-state index is 13.2. The number of carboxylic acid groups (broad SMARTS) is 1. The zero-order chi connectivity index (χ0) is 27.9. The maximum Gasteiger partial charge on any atom is 0.409 e. The second kappa shape index (κ2) is 12.2. The Morgan fingerprint density at radius 3 is 1.98 bits per heavy atom. The quantitative estimate of drug-likeness (QED) is 0.224. The molecule has 4 N–H and O–H groups in total. The summed E-state index contributed by atoms with van der Waals surface area (Å²) < 4.78 is 5.68. The van der Waals surface area contributed by atoms with Crippen LogP contribution in [0.25, 0.3) is 11.1 Å². The molecule has 1 atom stereocenters. The third kappa shape index (κ3) is 6.30. The lowest BCUT2D eigenvalue weighted by atomic mass is 9.98. The molecule has 1 aliphatic rings. The Morgan fingerprint density at radius 2 is 1.35 bits per heavy atom. The van der Waals surface area contributed by atoms with E-state index in [1.807, 2.05) is 54.6 Å². The Hall–Kier alpha value is -5.11. The number of fused-ring (bicyclic) bond motifs is 3. The van der Waals surface area contributed by atoms with Gasteiger partial charge in [0.15, 0.2) is 0 Å². The van der Waals surface area contributed by atoms with E-state index in [0.717, 1.165) is 33.4 Å². The first-order chi connectivity index (χ1) is 19.5. The van der Waals surface area contributed by atoms with Crippen LogP contribution in [0.1, 0.15) is 28.2 Å². The summed E-state index contributed by atoms with van der Waals surface area (Å²) in [5.41, 5.74) is 6.61. The van der Waals surface area contributed by atoms with Crippen LogP contribution in [0.2, 0.25) is 0 Å². The highest BCUT2D eigenvalue weighted by atomic mass is 16.5. The van der Waals surface area contributed by atoms with E-state index in [9.17, 15) is 14.4 Å². The first-order valence-electron chi connectivity index (χ1n) is 13.0. The Bertz CT molecular complexity index is 1460. The van der Waals surface area contributed by atoms with Crippen LogP contribution >= 0.6 is 0 Å². The number of anilines is 1. The SMILES string of the molecule is O=C(O)Nc1ccc(CNC(=O)[C@@H](Cc2ccccc2)NC(=O)OCC2c3ccccc3-c3ccccc32)cc1. The number of carbonyl (C=O) groups excluding carboxylic acids is 2. The average molecular weight is 536 g/mol. The van der Waals surface area contributed by atoms with E-state index in [1.165, 1.54) is 0 Å². The van der Waals surface area contributed by atoms with Gasteiger partial charge in [-0.3, -0.25) is 10.1 Å². The van der Waals surface area contributed by atoms with Crippen LogP contribution < -0.4 is 16.0 Å². The average Bonchev–Trinajstić information content (AvgIpc) is 3.29. The number of amides is 3. The highest BCUT2D eigenvalue weighted by Crippen LogP contribution is 2.44. The summed E-state index contributed by atoms with van der Waals surface area (Å²) in [4.78, 5) is 36.9. The van der Waals surface area contributed by atoms with Crippen molar-refractivity contribution in [1.29, 1.82) is 0 Å². The zero-order valence-corrected chi connectivity index (χ0v) is 21.7. The minimum atomic E-state index is -1.15. The Balaban J connectivity index is 1.23. The molecule has 0 saturated carbocycles. The topological polar surface area (TPSA) is 117 Å². The molecule has 1 aliphatic carbocycles. The molecule has 0 spiro atoms. The first kappa shape index (κ1) is 26.5. The van der Waals surface area contributed by atoms with Crippen molar-refractivity contribution in [2.24, 2.45) is 0 Å². The fourth-order valence-electron chi connectivity index (χ4n) is 4.98. The lowest BCUT2D eigenvalue weighted by Gasteiger charge is -2.20. The number of ether oxygens (including phenoxy) is 1. The van der Waals surface area contributed by atoms with Crippen LogP contribution in [0.3, 0.4) is 0 Å². The van der Waals surface area contributed by atoms with Gasteiger partial charge >= 0.3 is 12.2 Å². The molecule has 8 heteroatoms. The van der Waals surface area contributed by atoms with Gasteiger partial charge in [0.25, 0.3) is 0 Å². The van der Waals surface area contributed by atoms with Crippen LogP contribution in [0.15, 0.2) is 103 Å². The van der Waals surface area contributed by atoms with E-state index in [0.29, 0.717) is 12.1 Å². The number of benzene rings is 4. The third-order valence-corrected chi connectivity index (χ3v) is 6.91. The van der Waals surface area contributed by atoms with Gasteiger partial charge in [0.2, 0.25) is 5.91 Å². The third-order valence-electron chi connectivity index (χ3n) is 6.91. The van der Waals surface area contributed by atoms with E-state index < -0.39 is 18.2 Å². The van der Waals surface area contributed by atoms with Crippen LogP contribution in [0.4, 0.5) is 15.3 Å². The normalized spacial score (nSPS) is 12.5. The van der Waals surface area contributed by atoms with Gasteiger partial charge in [-0.05, 0) is 45.5 Å². The summed E-state index contributed by atoms with van der Waals surface area (Å²) in [6, 6.07) is 31.5. The molecule has 0 fully saturated rings. The number of carbonyl (C=O) groups is 3. The van der Waals surface area contributed by atoms with Crippen molar-refractivity contribution in [2.45, 2.75) is 24.9 Å². The fourth-order valence-corrected chi connectivity index (χ4v) is 4.98. The Kier molecular flexibility index (Phi) is 8.06. The highest BCUT2D eigenvalue weighted by molar-refractivity contribution is 5.86. The molecule has 0 unspecified atom stereocenters. The minimum Gasteiger partial charge on any atom is -0.465 e. The molecule has 0 bridgehead atoms. The predicted molar refractivity (Wildman–Crippen MR) is 152 cm³/mol. The summed E-state index contributed by atoms with van der Waals surface area (Å²) in [6.07, 6.45) is -1.52. The van der Waals surface area contributed by atoms with Gasteiger partial charge in [-0.25, -0.2) is 9.59 Å². The van der Waals surface area contributed by atoms with Gasteiger partial charge in [-0.1, -0.05) is 91.0 Å². The van der Waals surface area contributed by atoms with E-state index in [4.69, 9.17) is 9.84 Å². The zero-order valence-electron chi connectivity index (χ0n) is 21.7. The molecule has 5 rings (SSSR count). The summed E-state index contributed by atoms with van der Waals surface area (Å²) in [7, 11) is 0. The number of rotatable bonds is 9. The second-order valence-corrected chi connectivity index (χ2v) is 9.56. The van der Waals surface area contributed by atoms with E-state index >= 15 is 0 Å². The highest BCUT2D eigenvalue weighted by Gasteiger charge is 2.30. The summed E-state index contributed by atoms with van der Waals surface area (Å²) in [5, 5.41) is 16.7. The summed E-state index contributed by atoms with van der Waals surface area (Å²) >= 11 is 0. The number of alkyl carbamates (subject to hydrolysis) is 1. The molecule has 0 radical (unpaired) electrons. The smallest absolute Gasteiger partial charge is 0.409 e. The molecule has 202 valence electrons. The van der Waals surface area contributed by atoms with Crippen molar-refractivity contribution >= 4 is 23.8 Å². The molecule has 4 aromatic carbocycles. The van der Waals surface area contributed by atoms with Crippen molar-refractivity contribution in [1.82, 2.24) is 10.6 Å². The molecular formula is C32H29N3O5. The lowest BCUT2D eigenvalue weighted by Crippen LogP contribution is -2.48. The molecule has 40 heavy (non-hydrogen) atoms. The van der Waals surface area contributed by atoms with E-state index in [1.54, 1.807) is 24.3 Å². The molecule has 0 aliphatic heterocycles. The van der Waals surface area contributed by atoms with Crippen LogP contribution in [0.5, 0.6) is 0 Å². The molecule has 8 nitrogen and oxygen atoms in total. The number of hydrogen-bond donors (Lipinski definition) is 4. The molecule has 0 heterocycles. The van der Waals surface area contributed by atoms with Gasteiger partial charge in [0, 0.05) is 24.6 Å². The Labute approximate surface area is 232 Å². The molecule has 0 aromatic heterocycles. The van der Waals surface area contributed by atoms with Gasteiger partial charge < -0.3 is 20.5 Å². The van der Waals surface area contributed by atoms with Crippen molar-refractivity contribution in [3.8, 4) is 11.1 Å². The van der Waals surface area contributed by atoms with Gasteiger partial charge in [-0.2, -0.15) is 0 Å². The number of hydrogen-bond acceptors (Lipinski definition) is 4. The number of nitrogens with one attached hydrogen (secondary N) is 3. The van der Waals surface area contributed by atoms with Gasteiger partial charge in [-0.15, -0.1) is 0 Å². The van der Waals surface area contributed by atoms with Gasteiger partial charge in [0.1, 0.15) is 12.6 Å². The van der Waals surface area contributed by atoms with Gasteiger partial charge in [0.05, 0.1) is 0 Å². The Morgan fingerprint density at radius 1 is 0.750 bits per heavy atom. The summed E-state index contributed by atoms with van der Waals surface area (Å²) in [6.45, 7) is 0.361. The molecule has 4 aromatic rings. The lowest BCUT2D eigenvalue weighted by molar-refractivity contribution is -0.123. The predicted octanol–water partition coefficient (Wildman–Crippen LogP) is 5.54. The monoisotopic (exact) mass is 535 g/mol. The van der Waals surface area contributed by atoms with Crippen LogP contribution in [-0.2, 0) is 22.5 Å². The fraction of sp³-hybridized carbons (Fsp3) is 0.156. The molecule has 3 amide bonds. The minimum absolute atomic E-state index is 0.0851. The molecular weight excluding hydrogens is 506 g/mol. The van der Waals surface area contributed by atoms with Crippen molar-refractivity contribution < 1.29 is 24.2 Å². The van der Waals surface area contributed by atoms with Crippen molar-refractivity contribution in [3.05, 3.63) is 125 Å². The van der Waals surface area contributed by atoms with Crippen molar-refractivity contribution in [3.63, 3.8) is 0 Å². The van der Waals surface area contributed by atoms with Crippen LogP contribution in [-0.4, -0.2) is 35.8 Å². The standard InChI is InChI=1S/C32H29N3O5/c36-30(33-19-22-14-16-23(17-15-22)34-31(37)38)29(18-21-8-2-1-3-9-21)35-32(39)40-20-28-26-12-6-4-10-24(26)25-11-5-7-13-27(25)28/h1-17,28-29,34H,18-20H2,(H,33,36)(H,35,39)(H,37,38)/t29-/m1/s1. The second-order valence-electron chi connectivity index (χ2n) is 9.56. The van der Waals surface area contributed by atoms with Crippen LogP contribution in [0, 0.1) is 0 Å². The largest absolute Gasteiger partial charge is 0.465 e. The molecule has 0 saturated heterocycles. The summed E-state index contributed by atoms with van der Waals surface area (Å²) in [5.74, 6) is -0.441. The van der Waals surface area contributed by atoms with Crippen molar-refractivity contribution in [2.75, 3.05) is 11.9 Å². The maximum absolute atomic E-state index is 13.2. The van der Waals surface area contributed by atoms with E-state index in [2.05, 4.69) is 40.2 Å². The van der Waals surface area contributed by atoms with E-state index in [-0.39, 0.29) is 25.0 Å².